The summed E-state index contributed by atoms with van der Waals surface area (Å²) in [7, 11) is 0. The van der Waals surface area contributed by atoms with Crippen LogP contribution in [0.5, 0.6) is 0 Å². The van der Waals surface area contributed by atoms with E-state index in [4.69, 9.17) is 28.4 Å². The summed E-state index contributed by atoms with van der Waals surface area (Å²) in [6.45, 7) is 1.56. The van der Waals surface area contributed by atoms with Gasteiger partial charge in [0.1, 0.15) is 73.2 Å². The molecule has 3 saturated heterocycles. The molecule has 0 radical (unpaired) electrons. The van der Waals surface area contributed by atoms with Crippen molar-refractivity contribution in [2.45, 2.75) is 324 Å². The smallest absolute Gasteiger partial charge is 0.220 e. The highest BCUT2D eigenvalue weighted by Crippen LogP contribution is 2.33. The first-order valence-electron chi connectivity index (χ1n) is 33.0. The minimum absolute atomic E-state index is 0.234. The molecule has 494 valence electrons. The van der Waals surface area contributed by atoms with Crippen molar-refractivity contribution in [3.8, 4) is 0 Å². The SMILES string of the molecule is CCC/C=C/CC/C=C/C(O)C(COC1OC(CO)C(OC2OC(CO)C(OC3OC(CO)C(O)C(O)C3O)C(O)C2O)C(O)C1O)NC(=O)CCCCCCCCCCCCCCCCCCCC/C=C\C/C=C\C/C=C\CCCCCCC. The average molecular weight is 1210 g/mol. The van der Waals surface area contributed by atoms with E-state index in [0.717, 1.165) is 51.4 Å². The number of hydrogen-bond donors (Lipinski definition) is 12. The van der Waals surface area contributed by atoms with Crippen LogP contribution in [-0.4, -0.2) is 193 Å². The Morgan fingerprint density at radius 1 is 0.424 bits per heavy atom. The number of hydrogen-bond acceptors (Lipinski definition) is 18. The molecule has 3 aliphatic rings. The Morgan fingerprint density at radius 2 is 0.812 bits per heavy atom. The lowest BCUT2D eigenvalue weighted by Gasteiger charge is -2.48. The van der Waals surface area contributed by atoms with E-state index in [1.54, 1.807) is 6.08 Å². The number of rotatable bonds is 49. The Hall–Kier alpha value is -2.51. The highest BCUT2D eigenvalue weighted by molar-refractivity contribution is 5.76. The first-order valence-corrected chi connectivity index (χ1v) is 33.0. The van der Waals surface area contributed by atoms with Crippen molar-refractivity contribution < 1.29 is 89.4 Å². The van der Waals surface area contributed by atoms with Crippen molar-refractivity contribution in [2.24, 2.45) is 0 Å². The normalized spacial score (nSPS) is 29.4. The second kappa shape index (κ2) is 48.4. The van der Waals surface area contributed by atoms with Gasteiger partial charge in [0.05, 0.1) is 38.6 Å². The molecule has 19 heteroatoms. The van der Waals surface area contributed by atoms with Crippen molar-refractivity contribution in [1.29, 1.82) is 0 Å². The molecule has 0 aromatic carbocycles. The van der Waals surface area contributed by atoms with Crippen LogP contribution in [0.3, 0.4) is 0 Å². The van der Waals surface area contributed by atoms with Crippen LogP contribution in [0.2, 0.25) is 0 Å². The Balaban J connectivity index is 1.31. The monoisotopic (exact) mass is 1210 g/mol. The first-order chi connectivity index (χ1) is 41.3. The van der Waals surface area contributed by atoms with Gasteiger partial charge in [-0.15, -0.1) is 0 Å². The first kappa shape index (κ1) is 76.7. The third-order valence-corrected chi connectivity index (χ3v) is 16.3. The lowest BCUT2D eigenvalue weighted by molar-refractivity contribution is -0.379. The molecule has 19 nitrogen and oxygen atoms in total. The summed E-state index contributed by atoms with van der Waals surface area (Å²) in [5.74, 6) is -0.291. The zero-order chi connectivity index (χ0) is 61.9. The Labute approximate surface area is 509 Å². The van der Waals surface area contributed by atoms with Crippen LogP contribution in [0.25, 0.3) is 0 Å². The van der Waals surface area contributed by atoms with Crippen molar-refractivity contribution in [2.75, 3.05) is 26.4 Å². The average Bonchev–Trinajstić information content (AvgIpc) is 2.11. The van der Waals surface area contributed by atoms with E-state index in [9.17, 15) is 61.0 Å². The van der Waals surface area contributed by atoms with E-state index >= 15 is 0 Å². The predicted molar refractivity (Wildman–Crippen MR) is 328 cm³/mol. The number of allylic oxidation sites excluding steroid dienone is 9. The van der Waals surface area contributed by atoms with Gasteiger partial charge in [-0.1, -0.05) is 209 Å². The third kappa shape index (κ3) is 31.2. The molecule has 3 fully saturated rings. The van der Waals surface area contributed by atoms with Gasteiger partial charge in [-0.25, -0.2) is 0 Å². The predicted octanol–water partition coefficient (Wildman–Crippen LogP) is 7.60. The van der Waals surface area contributed by atoms with E-state index in [-0.39, 0.29) is 18.9 Å². The summed E-state index contributed by atoms with van der Waals surface area (Å²) in [4.78, 5) is 13.3. The van der Waals surface area contributed by atoms with Crippen LogP contribution in [-0.2, 0) is 33.2 Å². The number of aliphatic hydroxyl groups is 11. The molecule has 0 bridgehead atoms. The summed E-state index contributed by atoms with van der Waals surface area (Å²) in [6.07, 6.45) is 31.4. The molecule has 3 rings (SSSR count). The van der Waals surface area contributed by atoms with Crippen LogP contribution in [0, 0.1) is 0 Å². The molecule has 0 saturated carbocycles. The second-order valence-electron chi connectivity index (χ2n) is 23.6. The molecule has 12 N–H and O–H groups in total. The Morgan fingerprint density at radius 3 is 1.29 bits per heavy atom. The standard InChI is InChI=1S/C66H117NO18/c1-3-5-7-9-11-12-13-14-15-16-17-18-19-20-21-22-23-24-25-26-27-28-29-30-31-32-33-34-35-36-38-40-42-44-54(72)67-49(50(71)43-41-39-37-10-8-6-4-2)48-80-64-60(78)57(75)62(52(46-69)82-64)85-66-61(79)58(76)63(53(47-70)83-66)84-65-59(77)56(74)55(73)51(45-68)81-65/h8,10,13-14,16-17,19-20,41,43,49-53,55-66,68-71,73-79H,3-7,9,11-12,15,18,21-40,42,44-48H2,1-2H3,(H,67,72)/b10-8+,14-13-,17-16-,20-19-,43-41+. The fourth-order valence-electron chi connectivity index (χ4n) is 10.9. The summed E-state index contributed by atoms with van der Waals surface area (Å²) in [5.41, 5.74) is 0. The Bertz CT molecular complexity index is 1780. The van der Waals surface area contributed by atoms with Gasteiger partial charge in [0.15, 0.2) is 18.9 Å². The minimum Gasteiger partial charge on any atom is -0.394 e. The number of carbonyl (C=O) groups excluding carboxylic acids is 1. The maximum absolute atomic E-state index is 13.3. The van der Waals surface area contributed by atoms with Crippen LogP contribution in [0.15, 0.2) is 60.8 Å². The van der Waals surface area contributed by atoms with Gasteiger partial charge in [0.2, 0.25) is 5.91 Å². The number of aliphatic hydroxyl groups excluding tert-OH is 11. The molecule has 0 aliphatic carbocycles. The van der Waals surface area contributed by atoms with Gasteiger partial charge in [-0.3, -0.25) is 4.79 Å². The molecular weight excluding hydrogens is 1090 g/mol. The third-order valence-electron chi connectivity index (χ3n) is 16.3. The van der Waals surface area contributed by atoms with E-state index in [0.29, 0.717) is 12.8 Å². The lowest BCUT2D eigenvalue weighted by Crippen LogP contribution is -2.66. The fraction of sp³-hybridized carbons (Fsp3) is 0.833. The van der Waals surface area contributed by atoms with Crippen LogP contribution in [0.4, 0.5) is 0 Å². The van der Waals surface area contributed by atoms with E-state index in [2.05, 4.69) is 67.8 Å². The number of carbonyl (C=O) groups is 1. The maximum atomic E-state index is 13.3. The fourth-order valence-corrected chi connectivity index (χ4v) is 10.9. The van der Waals surface area contributed by atoms with E-state index in [1.165, 1.54) is 135 Å². The van der Waals surface area contributed by atoms with Gasteiger partial charge in [0.25, 0.3) is 0 Å². The molecule has 17 atom stereocenters. The maximum Gasteiger partial charge on any atom is 0.220 e. The van der Waals surface area contributed by atoms with Crippen molar-refractivity contribution in [3.63, 3.8) is 0 Å². The summed E-state index contributed by atoms with van der Waals surface area (Å²) < 4.78 is 34.1. The molecule has 0 aromatic rings. The largest absolute Gasteiger partial charge is 0.394 e. The zero-order valence-electron chi connectivity index (χ0n) is 51.8. The van der Waals surface area contributed by atoms with Crippen molar-refractivity contribution in [3.05, 3.63) is 60.8 Å². The Kier molecular flexibility index (Phi) is 43.7. The van der Waals surface area contributed by atoms with Gasteiger partial charge < -0.3 is 89.9 Å². The molecule has 0 spiro atoms. The van der Waals surface area contributed by atoms with Gasteiger partial charge in [0, 0.05) is 6.42 Å². The number of unbranched alkanes of at least 4 members (excludes halogenated alkanes) is 25. The van der Waals surface area contributed by atoms with Gasteiger partial charge in [-0.05, 0) is 64.2 Å². The quantitative estimate of drug-likeness (QED) is 0.0206. The van der Waals surface area contributed by atoms with Crippen LogP contribution >= 0.6 is 0 Å². The van der Waals surface area contributed by atoms with Crippen molar-refractivity contribution in [1.82, 2.24) is 5.32 Å². The molecule has 0 aromatic heterocycles. The molecule has 1 amide bonds. The van der Waals surface area contributed by atoms with Gasteiger partial charge >= 0.3 is 0 Å². The summed E-state index contributed by atoms with van der Waals surface area (Å²) in [6, 6.07) is -0.987. The molecular formula is C66H117NO18. The van der Waals surface area contributed by atoms with Crippen molar-refractivity contribution >= 4 is 5.91 Å². The molecule has 3 aliphatic heterocycles. The minimum atomic E-state index is -1.98. The second-order valence-corrected chi connectivity index (χ2v) is 23.6. The van der Waals surface area contributed by atoms with E-state index in [1.807, 2.05) is 6.08 Å². The summed E-state index contributed by atoms with van der Waals surface area (Å²) in [5, 5.41) is 120. The highest BCUT2D eigenvalue weighted by Gasteiger charge is 2.53. The topological polar surface area (TPSA) is 307 Å². The zero-order valence-corrected chi connectivity index (χ0v) is 51.8. The van der Waals surface area contributed by atoms with Crippen LogP contribution < -0.4 is 5.32 Å². The molecule has 85 heavy (non-hydrogen) atoms. The summed E-state index contributed by atoms with van der Waals surface area (Å²) >= 11 is 0. The van der Waals surface area contributed by atoms with Gasteiger partial charge in [-0.2, -0.15) is 0 Å². The number of nitrogens with one attached hydrogen (secondary N) is 1. The molecule has 3 heterocycles. The van der Waals surface area contributed by atoms with Crippen LogP contribution in [0.1, 0.15) is 219 Å². The van der Waals surface area contributed by atoms with E-state index < -0.39 is 124 Å². The number of ether oxygens (including phenoxy) is 6. The highest BCUT2D eigenvalue weighted by atomic mass is 16.8. The lowest BCUT2D eigenvalue weighted by atomic mass is 9.96. The molecule has 17 unspecified atom stereocenters. The number of amides is 1.